The molecule has 0 N–H and O–H groups in total. The number of hydrogen-bond acceptors (Lipinski definition) is 2. The smallest absolute Gasteiger partial charge is 0.0894 e. The average molecular weight is 423 g/mol. The highest BCUT2D eigenvalue weighted by Crippen LogP contribution is 2.15. The van der Waals surface area contributed by atoms with Crippen molar-refractivity contribution in [3.05, 3.63) is 64.5 Å². The van der Waals surface area contributed by atoms with Crippen LogP contribution in [-0.4, -0.2) is 9.97 Å². The van der Waals surface area contributed by atoms with E-state index in [2.05, 4.69) is 89.6 Å². The molecular formula is C29H46N2. The van der Waals surface area contributed by atoms with E-state index in [1.54, 1.807) is 0 Å². The van der Waals surface area contributed by atoms with E-state index in [1.165, 1.54) is 48.0 Å². The number of benzene rings is 1. The second kappa shape index (κ2) is 16.5. The van der Waals surface area contributed by atoms with Crippen LogP contribution in [0.5, 0.6) is 0 Å². The molecule has 0 spiro atoms. The highest BCUT2D eigenvalue weighted by Gasteiger charge is 1.99. The van der Waals surface area contributed by atoms with Crippen LogP contribution in [0, 0.1) is 12.8 Å². The van der Waals surface area contributed by atoms with Crippen LogP contribution in [-0.2, 0) is 0 Å². The van der Waals surface area contributed by atoms with Gasteiger partial charge in [-0.05, 0) is 69.9 Å². The Kier molecular flexibility index (Phi) is 15.3. The molecule has 0 fully saturated rings. The third kappa shape index (κ3) is 12.3. The first-order valence-electron chi connectivity index (χ1n) is 12.0. The van der Waals surface area contributed by atoms with Gasteiger partial charge in [-0.2, -0.15) is 0 Å². The molecule has 2 heteroatoms. The van der Waals surface area contributed by atoms with Crippen molar-refractivity contribution in [1.29, 1.82) is 0 Å². The van der Waals surface area contributed by atoms with E-state index < -0.39 is 0 Å². The number of allylic oxidation sites excluding steroid dienone is 5. The Bertz CT molecular complexity index is 842. The van der Waals surface area contributed by atoms with Gasteiger partial charge in [0.2, 0.25) is 0 Å². The van der Waals surface area contributed by atoms with Crippen molar-refractivity contribution >= 4 is 17.1 Å². The SMILES string of the molecule is CC.CC(C)=CC(/C=C/c1cnc2cc(C)ccc2n1)=C(C)C.CCCC(C)CCC. The van der Waals surface area contributed by atoms with Crippen molar-refractivity contribution in [2.24, 2.45) is 5.92 Å². The van der Waals surface area contributed by atoms with Gasteiger partial charge in [0, 0.05) is 0 Å². The standard InChI is InChI=1S/C19H22N2.C8H18.C2H6/c1-13(2)10-16(14(3)4)7-8-17-12-20-19-11-15(5)6-9-18(19)21-17;1-4-6-8(3)7-5-2;1-2/h6-12H,1-5H3;8H,4-7H2,1-3H3;1-2H3/b8-7+;;. The Morgan fingerprint density at radius 2 is 1.58 bits per heavy atom. The lowest BCUT2D eigenvalue weighted by molar-refractivity contribution is 0.480. The summed E-state index contributed by atoms with van der Waals surface area (Å²) in [5.41, 5.74) is 7.76. The maximum absolute atomic E-state index is 4.63. The van der Waals surface area contributed by atoms with Gasteiger partial charge in [-0.1, -0.05) is 89.7 Å². The summed E-state index contributed by atoms with van der Waals surface area (Å²) in [6.07, 6.45) is 13.7. The molecule has 0 saturated carbocycles. The zero-order chi connectivity index (χ0) is 23.8. The lowest BCUT2D eigenvalue weighted by atomic mass is 10.0. The first-order chi connectivity index (χ1) is 14.8. The van der Waals surface area contributed by atoms with Crippen LogP contribution in [0.25, 0.3) is 17.1 Å². The minimum atomic E-state index is 0.882. The maximum Gasteiger partial charge on any atom is 0.0894 e. The molecule has 0 atom stereocenters. The summed E-state index contributed by atoms with van der Waals surface area (Å²) >= 11 is 0. The average Bonchev–Trinajstić information content (AvgIpc) is 2.73. The summed E-state index contributed by atoms with van der Waals surface area (Å²) in [4.78, 5) is 9.11. The molecule has 0 aliphatic rings. The summed E-state index contributed by atoms with van der Waals surface area (Å²) in [6.45, 7) is 21.4. The largest absolute Gasteiger partial charge is 0.252 e. The molecule has 2 aromatic rings. The first-order valence-corrected chi connectivity index (χ1v) is 12.0. The maximum atomic E-state index is 4.63. The fourth-order valence-electron chi connectivity index (χ4n) is 3.19. The second-order valence-electron chi connectivity index (χ2n) is 8.48. The van der Waals surface area contributed by atoms with Gasteiger partial charge in [0.1, 0.15) is 0 Å². The Labute approximate surface area is 192 Å². The topological polar surface area (TPSA) is 25.8 Å². The van der Waals surface area contributed by atoms with E-state index in [9.17, 15) is 0 Å². The minimum Gasteiger partial charge on any atom is -0.252 e. The van der Waals surface area contributed by atoms with Crippen molar-refractivity contribution in [1.82, 2.24) is 9.97 Å². The third-order valence-electron chi connectivity index (χ3n) is 4.73. The van der Waals surface area contributed by atoms with Crippen LogP contribution in [0.4, 0.5) is 0 Å². The Hall–Kier alpha value is -2.22. The minimum absolute atomic E-state index is 0.882. The van der Waals surface area contributed by atoms with Gasteiger partial charge in [0.05, 0.1) is 22.9 Å². The van der Waals surface area contributed by atoms with Crippen LogP contribution in [0.1, 0.15) is 99.3 Å². The molecule has 0 amide bonds. The molecule has 1 heterocycles. The van der Waals surface area contributed by atoms with Gasteiger partial charge in [0.15, 0.2) is 0 Å². The molecule has 0 aliphatic carbocycles. The number of hydrogen-bond donors (Lipinski definition) is 0. The van der Waals surface area contributed by atoms with Gasteiger partial charge in [-0.25, -0.2) is 4.98 Å². The van der Waals surface area contributed by atoms with Crippen LogP contribution in [0.2, 0.25) is 0 Å². The van der Waals surface area contributed by atoms with Gasteiger partial charge >= 0.3 is 0 Å². The molecule has 2 nitrogen and oxygen atoms in total. The lowest BCUT2D eigenvalue weighted by Gasteiger charge is -2.05. The fraction of sp³-hybridized carbons (Fsp3) is 0.517. The highest BCUT2D eigenvalue weighted by atomic mass is 14.8. The summed E-state index contributed by atoms with van der Waals surface area (Å²) in [7, 11) is 0. The normalized spacial score (nSPS) is 10.3. The molecular weight excluding hydrogens is 376 g/mol. The second-order valence-corrected chi connectivity index (χ2v) is 8.48. The summed E-state index contributed by atoms with van der Waals surface area (Å²) < 4.78 is 0. The highest BCUT2D eigenvalue weighted by molar-refractivity contribution is 5.75. The quantitative estimate of drug-likeness (QED) is 0.415. The number of aryl methyl sites for hydroxylation is 1. The van der Waals surface area contributed by atoms with Gasteiger partial charge in [-0.15, -0.1) is 0 Å². The first kappa shape index (κ1) is 28.8. The van der Waals surface area contributed by atoms with Crippen LogP contribution in [0.3, 0.4) is 0 Å². The van der Waals surface area contributed by atoms with E-state index in [4.69, 9.17) is 0 Å². The van der Waals surface area contributed by atoms with Crippen molar-refractivity contribution in [2.75, 3.05) is 0 Å². The monoisotopic (exact) mass is 422 g/mol. The number of nitrogens with zero attached hydrogens (tertiary/aromatic N) is 2. The molecule has 1 aromatic carbocycles. The van der Waals surface area contributed by atoms with Crippen LogP contribution in [0.15, 0.2) is 53.3 Å². The van der Waals surface area contributed by atoms with E-state index in [1.807, 2.05) is 32.2 Å². The van der Waals surface area contributed by atoms with Crippen molar-refractivity contribution in [3.8, 4) is 0 Å². The molecule has 0 bridgehead atoms. The van der Waals surface area contributed by atoms with Crippen molar-refractivity contribution in [2.45, 2.75) is 94.9 Å². The van der Waals surface area contributed by atoms with Gasteiger partial charge in [-0.3, -0.25) is 4.98 Å². The predicted octanol–water partition coefficient (Wildman–Crippen LogP) is 9.50. The van der Waals surface area contributed by atoms with Crippen molar-refractivity contribution < 1.29 is 0 Å². The number of aromatic nitrogens is 2. The van der Waals surface area contributed by atoms with Crippen LogP contribution < -0.4 is 0 Å². The summed E-state index contributed by atoms with van der Waals surface area (Å²) in [5.74, 6) is 0.963. The molecule has 0 unspecified atom stereocenters. The zero-order valence-electron chi connectivity index (χ0n) is 21.8. The summed E-state index contributed by atoms with van der Waals surface area (Å²) in [6, 6.07) is 6.14. The molecule has 1 aromatic heterocycles. The van der Waals surface area contributed by atoms with E-state index in [0.717, 1.165) is 22.6 Å². The zero-order valence-corrected chi connectivity index (χ0v) is 21.8. The number of fused-ring (bicyclic) bond motifs is 1. The number of rotatable bonds is 7. The van der Waals surface area contributed by atoms with E-state index >= 15 is 0 Å². The van der Waals surface area contributed by atoms with Crippen molar-refractivity contribution in [3.63, 3.8) is 0 Å². The Morgan fingerprint density at radius 3 is 2.10 bits per heavy atom. The molecule has 2 rings (SSSR count). The molecule has 0 radical (unpaired) electrons. The van der Waals surface area contributed by atoms with E-state index in [-0.39, 0.29) is 0 Å². The molecule has 0 aliphatic heterocycles. The lowest BCUT2D eigenvalue weighted by Crippen LogP contribution is -1.91. The van der Waals surface area contributed by atoms with E-state index in [0.29, 0.717) is 0 Å². The Balaban J connectivity index is 0.000000762. The summed E-state index contributed by atoms with van der Waals surface area (Å²) in [5, 5.41) is 0. The third-order valence-corrected chi connectivity index (χ3v) is 4.73. The molecule has 172 valence electrons. The fourth-order valence-corrected chi connectivity index (χ4v) is 3.19. The predicted molar refractivity (Wildman–Crippen MR) is 141 cm³/mol. The van der Waals surface area contributed by atoms with Gasteiger partial charge < -0.3 is 0 Å². The molecule has 31 heavy (non-hydrogen) atoms. The van der Waals surface area contributed by atoms with Crippen LogP contribution >= 0.6 is 0 Å². The Morgan fingerprint density at radius 1 is 0.968 bits per heavy atom. The molecule has 0 saturated heterocycles. The van der Waals surface area contributed by atoms with Gasteiger partial charge in [0.25, 0.3) is 0 Å².